The summed E-state index contributed by atoms with van der Waals surface area (Å²) in [6, 6.07) is 8.24. The average Bonchev–Trinajstić information content (AvgIpc) is 2.37. The van der Waals surface area contributed by atoms with E-state index in [1.165, 1.54) is 11.1 Å². The Labute approximate surface area is 108 Å². The monoisotopic (exact) mass is 251 g/mol. The molecule has 2 rings (SSSR count). The zero-order chi connectivity index (χ0) is 12.1. The van der Waals surface area contributed by atoms with Crippen molar-refractivity contribution >= 4 is 11.6 Å². The van der Waals surface area contributed by atoms with Gasteiger partial charge in [-0.2, -0.15) is 0 Å². The summed E-state index contributed by atoms with van der Waals surface area (Å²) in [6.45, 7) is 3.87. The first-order chi connectivity index (χ1) is 8.31. The fourth-order valence-corrected chi connectivity index (χ4v) is 2.35. The molecule has 0 amide bonds. The van der Waals surface area contributed by atoms with Crippen molar-refractivity contribution in [3.8, 4) is 0 Å². The van der Waals surface area contributed by atoms with E-state index in [2.05, 4.69) is 18.3 Å². The number of ether oxygens (including phenoxy) is 1. The second-order valence-corrected chi connectivity index (χ2v) is 4.65. The average molecular weight is 252 g/mol. The van der Waals surface area contributed by atoms with Crippen LogP contribution in [0, 0.1) is 0 Å². The van der Waals surface area contributed by atoms with Crippen molar-refractivity contribution in [1.82, 2.24) is 5.32 Å². The van der Waals surface area contributed by atoms with Gasteiger partial charge in [0.1, 0.15) is 0 Å². The lowest BCUT2D eigenvalue weighted by atomic mass is 9.95. The molecule has 0 spiro atoms. The molecule has 0 aromatic heterocycles. The van der Waals surface area contributed by atoms with Gasteiger partial charge in [0.2, 0.25) is 0 Å². The van der Waals surface area contributed by atoms with Gasteiger partial charge in [0.05, 0.1) is 18.9 Å². The summed E-state index contributed by atoms with van der Waals surface area (Å²) in [5, 5.41) is 4.27. The van der Waals surface area contributed by atoms with Gasteiger partial charge in [-0.3, -0.25) is 0 Å². The summed E-state index contributed by atoms with van der Waals surface area (Å²) >= 11 is 6.05. The van der Waals surface area contributed by atoms with E-state index in [1.807, 2.05) is 24.5 Å². The van der Waals surface area contributed by atoms with Gasteiger partial charge in [-0.05, 0) is 42.7 Å². The molecule has 0 saturated heterocycles. The van der Waals surface area contributed by atoms with Crippen LogP contribution in [-0.4, -0.2) is 13.2 Å². The third-order valence-electron chi connectivity index (χ3n) is 2.92. The van der Waals surface area contributed by atoms with Gasteiger partial charge in [0.25, 0.3) is 0 Å². The van der Waals surface area contributed by atoms with Crippen molar-refractivity contribution in [2.45, 2.75) is 25.8 Å². The molecular formula is C14H18ClNO. The number of benzene rings is 1. The lowest BCUT2D eigenvalue weighted by Crippen LogP contribution is -2.24. The van der Waals surface area contributed by atoms with Gasteiger partial charge in [0, 0.05) is 5.02 Å². The predicted molar refractivity (Wildman–Crippen MR) is 71.1 cm³/mol. The van der Waals surface area contributed by atoms with Crippen LogP contribution in [0.2, 0.25) is 5.02 Å². The zero-order valence-electron chi connectivity index (χ0n) is 10.1. The van der Waals surface area contributed by atoms with Crippen molar-refractivity contribution in [3.05, 3.63) is 46.7 Å². The molecule has 1 aromatic rings. The highest BCUT2D eigenvalue weighted by Crippen LogP contribution is 2.28. The molecule has 0 fully saturated rings. The van der Waals surface area contributed by atoms with E-state index in [9.17, 15) is 0 Å². The highest BCUT2D eigenvalue weighted by molar-refractivity contribution is 6.30. The molecule has 1 aromatic carbocycles. The van der Waals surface area contributed by atoms with Crippen LogP contribution in [0.3, 0.4) is 0 Å². The van der Waals surface area contributed by atoms with E-state index in [0.717, 1.165) is 31.0 Å². The smallest absolute Gasteiger partial charge is 0.0876 e. The first kappa shape index (κ1) is 12.5. The fourth-order valence-electron chi connectivity index (χ4n) is 2.15. The van der Waals surface area contributed by atoms with E-state index in [-0.39, 0.29) is 6.04 Å². The molecule has 1 atom stereocenters. The van der Waals surface area contributed by atoms with Crippen LogP contribution in [0.5, 0.6) is 0 Å². The van der Waals surface area contributed by atoms with E-state index < -0.39 is 0 Å². The second kappa shape index (κ2) is 6.08. The quantitative estimate of drug-likeness (QED) is 0.881. The van der Waals surface area contributed by atoms with Crippen LogP contribution < -0.4 is 5.32 Å². The lowest BCUT2D eigenvalue weighted by molar-refractivity contribution is 0.219. The number of rotatable bonds is 4. The number of halogens is 1. The molecule has 17 heavy (non-hydrogen) atoms. The largest absolute Gasteiger partial charge is 0.501 e. The van der Waals surface area contributed by atoms with Crippen molar-refractivity contribution in [3.63, 3.8) is 0 Å². The fraction of sp³-hybridized carbons (Fsp3) is 0.429. The third-order valence-corrected chi connectivity index (χ3v) is 3.16. The maximum atomic E-state index is 6.05. The van der Waals surface area contributed by atoms with Gasteiger partial charge >= 0.3 is 0 Å². The summed E-state index contributed by atoms with van der Waals surface area (Å²) in [5.74, 6) is 0. The summed E-state index contributed by atoms with van der Waals surface area (Å²) < 4.78 is 5.43. The molecule has 0 radical (unpaired) electrons. The van der Waals surface area contributed by atoms with Crippen LogP contribution >= 0.6 is 11.6 Å². The highest BCUT2D eigenvalue weighted by Gasteiger charge is 2.18. The van der Waals surface area contributed by atoms with Gasteiger partial charge in [0.15, 0.2) is 0 Å². The second-order valence-electron chi connectivity index (χ2n) is 4.21. The molecule has 2 nitrogen and oxygen atoms in total. The van der Waals surface area contributed by atoms with E-state index in [1.54, 1.807) is 0 Å². The van der Waals surface area contributed by atoms with E-state index in [4.69, 9.17) is 16.3 Å². The number of hydrogen-bond donors (Lipinski definition) is 1. The minimum Gasteiger partial charge on any atom is -0.501 e. The first-order valence-corrected chi connectivity index (χ1v) is 6.48. The van der Waals surface area contributed by atoms with Crippen LogP contribution in [-0.2, 0) is 4.74 Å². The first-order valence-electron chi connectivity index (χ1n) is 6.10. The molecular weight excluding hydrogens is 234 g/mol. The molecule has 1 aliphatic rings. The van der Waals surface area contributed by atoms with Gasteiger partial charge in [-0.1, -0.05) is 30.7 Å². The van der Waals surface area contributed by atoms with Crippen LogP contribution in [0.25, 0.3) is 0 Å². The minimum atomic E-state index is 0.221. The van der Waals surface area contributed by atoms with Gasteiger partial charge in [-0.25, -0.2) is 0 Å². The molecule has 92 valence electrons. The summed E-state index contributed by atoms with van der Waals surface area (Å²) in [7, 11) is 0. The van der Waals surface area contributed by atoms with Crippen molar-refractivity contribution in [2.75, 3.05) is 13.2 Å². The van der Waals surface area contributed by atoms with Gasteiger partial charge < -0.3 is 10.1 Å². The Morgan fingerprint density at radius 3 is 3.00 bits per heavy atom. The number of likely N-dealkylation sites (N-methyl/N-ethyl adjacent to an activating group) is 1. The number of hydrogen-bond acceptors (Lipinski definition) is 2. The Balaban J connectivity index is 2.24. The Morgan fingerprint density at radius 1 is 1.47 bits per heavy atom. The van der Waals surface area contributed by atoms with Crippen molar-refractivity contribution in [2.24, 2.45) is 0 Å². The van der Waals surface area contributed by atoms with Gasteiger partial charge in [-0.15, -0.1) is 0 Å². The molecule has 1 unspecified atom stereocenters. The van der Waals surface area contributed by atoms with Crippen molar-refractivity contribution < 1.29 is 4.74 Å². The number of nitrogens with one attached hydrogen (secondary N) is 1. The molecule has 3 heteroatoms. The van der Waals surface area contributed by atoms with Crippen LogP contribution in [0.1, 0.15) is 31.4 Å². The Bertz CT molecular complexity index is 403. The molecule has 0 bridgehead atoms. The summed E-state index contributed by atoms with van der Waals surface area (Å²) in [5.41, 5.74) is 2.51. The van der Waals surface area contributed by atoms with Crippen LogP contribution in [0.4, 0.5) is 0 Å². The molecule has 0 saturated carbocycles. The molecule has 1 aliphatic heterocycles. The Hall–Kier alpha value is -0.990. The van der Waals surface area contributed by atoms with Crippen molar-refractivity contribution in [1.29, 1.82) is 0 Å². The zero-order valence-corrected chi connectivity index (χ0v) is 10.8. The highest BCUT2D eigenvalue weighted by atomic mass is 35.5. The van der Waals surface area contributed by atoms with Crippen LogP contribution in [0.15, 0.2) is 36.1 Å². The molecule has 1 heterocycles. The third kappa shape index (κ3) is 3.24. The van der Waals surface area contributed by atoms with E-state index >= 15 is 0 Å². The topological polar surface area (TPSA) is 21.3 Å². The summed E-state index contributed by atoms with van der Waals surface area (Å²) in [6.07, 6.45) is 4.08. The normalized spacial score (nSPS) is 17.2. The maximum Gasteiger partial charge on any atom is 0.0876 e. The maximum absolute atomic E-state index is 6.05. The summed E-state index contributed by atoms with van der Waals surface area (Å²) in [4.78, 5) is 0. The Kier molecular flexibility index (Phi) is 4.46. The molecule has 1 N–H and O–H groups in total. The molecule has 0 aliphatic carbocycles. The standard InChI is InChI=1S/C14H18ClNO/c1-2-16-14(12-6-4-8-17-10-12)11-5-3-7-13(15)9-11/h3,5,7,9-10,14,16H,2,4,6,8H2,1H3. The predicted octanol–water partition coefficient (Wildman–Crippen LogP) is 3.68. The SMILES string of the molecule is CCNC(C1=COCCC1)c1cccc(Cl)c1. The lowest BCUT2D eigenvalue weighted by Gasteiger charge is -2.24. The Morgan fingerprint density at radius 2 is 2.35 bits per heavy atom. The minimum absolute atomic E-state index is 0.221. The van der Waals surface area contributed by atoms with E-state index in [0.29, 0.717) is 0 Å².